The average Bonchev–Trinajstić information content (AvgIpc) is 2.26. The van der Waals surface area contributed by atoms with E-state index < -0.39 is 28.0 Å². The lowest BCUT2D eigenvalue weighted by Crippen LogP contribution is -2.33. The second-order valence-corrected chi connectivity index (χ2v) is 4.31. The van der Waals surface area contributed by atoms with Crippen molar-refractivity contribution < 1.29 is 18.0 Å². The number of hydrogen-bond acceptors (Lipinski definition) is 2. The molecule has 0 aliphatic heterocycles. The molecule has 0 N–H and O–H groups in total. The summed E-state index contributed by atoms with van der Waals surface area (Å²) in [6.07, 6.45) is 2.84. The minimum absolute atomic E-state index is 0.184. The maximum Gasteiger partial charge on any atom is 0.235 e. The number of rotatable bonds is 2. The van der Waals surface area contributed by atoms with Gasteiger partial charge in [0.1, 0.15) is 10.6 Å². The smallest absolute Gasteiger partial charge is 0.211 e. The van der Waals surface area contributed by atoms with E-state index in [9.17, 15) is 18.0 Å². The number of nitrogens with zero attached hydrogens (tertiary/aromatic N) is 1. The van der Waals surface area contributed by atoms with Gasteiger partial charge in [0.05, 0.1) is 0 Å². The quantitative estimate of drug-likeness (QED) is 0.347. The lowest BCUT2D eigenvalue weighted by atomic mass is 9.72. The van der Waals surface area contributed by atoms with Crippen molar-refractivity contribution in [1.82, 2.24) is 0 Å². The van der Waals surface area contributed by atoms with Crippen molar-refractivity contribution in [2.75, 3.05) is 0 Å². The molecular formula is C11H7ClF3NO. The van der Waals surface area contributed by atoms with Crippen LogP contribution in [0.1, 0.15) is 24.8 Å². The first-order valence-corrected chi connectivity index (χ1v) is 5.32. The Morgan fingerprint density at radius 1 is 1.29 bits per heavy atom. The standard InChI is InChI=1S/C11H7ClF3NO/c12-8-9(14)6(4-7(13)10(8)15)11(16-5-17)2-1-3-11/h4H,1-3H2. The molecule has 0 amide bonds. The van der Waals surface area contributed by atoms with Crippen molar-refractivity contribution in [3.8, 4) is 0 Å². The number of hydrogen-bond donors (Lipinski definition) is 0. The SMILES string of the molecule is O=C=NC1(c2cc(F)c(F)c(Cl)c2F)CCC1. The Morgan fingerprint density at radius 2 is 1.94 bits per heavy atom. The topological polar surface area (TPSA) is 29.4 Å². The summed E-state index contributed by atoms with van der Waals surface area (Å²) in [7, 11) is 0. The largest absolute Gasteiger partial charge is 0.235 e. The minimum Gasteiger partial charge on any atom is -0.211 e. The van der Waals surface area contributed by atoms with E-state index in [0.717, 1.165) is 6.42 Å². The van der Waals surface area contributed by atoms with Crippen LogP contribution < -0.4 is 0 Å². The first kappa shape index (κ1) is 12.1. The van der Waals surface area contributed by atoms with Gasteiger partial charge in [-0.25, -0.2) is 18.0 Å². The fourth-order valence-corrected chi connectivity index (χ4v) is 2.14. The van der Waals surface area contributed by atoms with Crippen LogP contribution >= 0.6 is 11.6 Å². The van der Waals surface area contributed by atoms with Crippen LogP contribution in [0.25, 0.3) is 0 Å². The molecule has 1 aromatic rings. The van der Waals surface area contributed by atoms with E-state index in [1.54, 1.807) is 0 Å². The molecule has 0 atom stereocenters. The normalized spacial score (nSPS) is 17.2. The van der Waals surface area contributed by atoms with Gasteiger partial charge in [0.15, 0.2) is 17.5 Å². The highest BCUT2D eigenvalue weighted by Crippen LogP contribution is 2.47. The highest BCUT2D eigenvalue weighted by atomic mass is 35.5. The summed E-state index contributed by atoms with van der Waals surface area (Å²) < 4.78 is 40.0. The summed E-state index contributed by atoms with van der Waals surface area (Å²) in [5, 5.41) is -0.910. The Balaban J connectivity index is 2.63. The van der Waals surface area contributed by atoms with E-state index in [1.165, 1.54) is 6.08 Å². The van der Waals surface area contributed by atoms with Crippen molar-refractivity contribution in [3.63, 3.8) is 0 Å². The van der Waals surface area contributed by atoms with Gasteiger partial charge in [-0.1, -0.05) is 11.6 Å². The molecule has 0 bridgehead atoms. The monoisotopic (exact) mass is 261 g/mol. The molecule has 17 heavy (non-hydrogen) atoms. The third-order valence-electron chi connectivity index (χ3n) is 3.04. The van der Waals surface area contributed by atoms with Crippen LogP contribution in [0.3, 0.4) is 0 Å². The lowest BCUT2D eigenvalue weighted by molar-refractivity contribution is 0.245. The third kappa shape index (κ3) is 1.75. The molecule has 2 rings (SSSR count). The van der Waals surface area contributed by atoms with Crippen LogP contribution in [0.15, 0.2) is 11.1 Å². The van der Waals surface area contributed by atoms with E-state index in [1.807, 2.05) is 0 Å². The van der Waals surface area contributed by atoms with E-state index in [-0.39, 0.29) is 5.56 Å². The summed E-state index contributed by atoms with van der Waals surface area (Å²) in [5.74, 6) is -3.75. The Morgan fingerprint density at radius 3 is 2.41 bits per heavy atom. The second-order valence-electron chi connectivity index (χ2n) is 3.94. The van der Waals surface area contributed by atoms with Gasteiger partial charge in [0, 0.05) is 5.56 Å². The molecule has 1 aromatic carbocycles. The number of isocyanates is 1. The van der Waals surface area contributed by atoms with Crippen LogP contribution in [0.2, 0.25) is 5.02 Å². The average molecular weight is 262 g/mol. The second kappa shape index (κ2) is 4.17. The molecule has 1 fully saturated rings. The van der Waals surface area contributed by atoms with Crippen molar-refractivity contribution in [2.45, 2.75) is 24.8 Å². The van der Waals surface area contributed by atoms with Gasteiger partial charge in [-0.15, -0.1) is 0 Å². The fraction of sp³-hybridized carbons (Fsp3) is 0.364. The van der Waals surface area contributed by atoms with Gasteiger partial charge in [0.25, 0.3) is 0 Å². The van der Waals surface area contributed by atoms with E-state index in [2.05, 4.69) is 4.99 Å². The Hall–Kier alpha value is -1.32. The molecular weight excluding hydrogens is 255 g/mol. The number of halogens is 4. The number of benzene rings is 1. The van der Waals surface area contributed by atoms with E-state index >= 15 is 0 Å². The molecule has 90 valence electrons. The first-order chi connectivity index (χ1) is 8.02. The Bertz CT molecular complexity index is 522. The third-order valence-corrected chi connectivity index (χ3v) is 3.38. The van der Waals surface area contributed by atoms with Crippen LogP contribution in [-0.2, 0) is 10.3 Å². The van der Waals surface area contributed by atoms with Crippen molar-refractivity contribution in [2.24, 2.45) is 4.99 Å². The molecule has 0 aromatic heterocycles. The van der Waals surface area contributed by atoms with Gasteiger partial charge < -0.3 is 0 Å². The summed E-state index contributed by atoms with van der Waals surface area (Å²) in [6.45, 7) is 0. The summed E-state index contributed by atoms with van der Waals surface area (Å²) in [5.41, 5.74) is -1.32. The fourth-order valence-electron chi connectivity index (χ4n) is 1.95. The summed E-state index contributed by atoms with van der Waals surface area (Å²) >= 11 is 5.35. The molecule has 0 unspecified atom stereocenters. The molecule has 0 saturated heterocycles. The van der Waals surface area contributed by atoms with Gasteiger partial charge in [-0.3, -0.25) is 0 Å². The molecule has 0 radical (unpaired) electrons. The summed E-state index contributed by atoms with van der Waals surface area (Å²) in [4.78, 5) is 13.8. The van der Waals surface area contributed by atoms with Crippen molar-refractivity contribution in [3.05, 3.63) is 34.1 Å². The Labute approximate surface area is 100 Å². The zero-order chi connectivity index (χ0) is 12.6. The van der Waals surface area contributed by atoms with Gasteiger partial charge in [-0.2, -0.15) is 4.99 Å². The first-order valence-electron chi connectivity index (χ1n) is 4.94. The lowest BCUT2D eigenvalue weighted by Gasteiger charge is -2.37. The molecule has 1 saturated carbocycles. The molecule has 1 aliphatic rings. The van der Waals surface area contributed by atoms with Gasteiger partial charge in [0.2, 0.25) is 6.08 Å². The van der Waals surface area contributed by atoms with Crippen molar-refractivity contribution >= 4 is 17.7 Å². The maximum atomic E-state index is 13.8. The molecule has 6 heteroatoms. The zero-order valence-electron chi connectivity index (χ0n) is 8.57. The van der Waals surface area contributed by atoms with E-state index in [0.29, 0.717) is 18.9 Å². The van der Waals surface area contributed by atoms with Crippen molar-refractivity contribution in [1.29, 1.82) is 0 Å². The zero-order valence-corrected chi connectivity index (χ0v) is 9.32. The van der Waals surface area contributed by atoms with Gasteiger partial charge >= 0.3 is 0 Å². The van der Waals surface area contributed by atoms with Crippen LogP contribution in [-0.4, -0.2) is 6.08 Å². The highest BCUT2D eigenvalue weighted by Gasteiger charge is 2.42. The van der Waals surface area contributed by atoms with Crippen LogP contribution in [0.4, 0.5) is 13.2 Å². The number of carbonyl (C=O) groups excluding carboxylic acids is 1. The molecule has 1 aliphatic carbocycles. The van der Waals surface area contributed by atoms with Gasteiger partial charge in [-0.05, 0) is 25.3 Å². The minimum atomic E-state index is -1.43. The van der Waals surface area contributed by atoms with Crippen LogP contribution in [0, 0.1) is 17.5 Å². The van der Waals surface area contributed by atoms with Crippen LogP contribution in [0.5, 0.6) is 0 Å². The predicted molar refractivity (Wildman–Crippen MR) is 55.0 cm³/mol. The predicted octanol–water partition coefficient (Wildman–Crippen LogP) is 3.47. The molecule has 0 heterocycles. The Kier molecular flexibility index (Phi) is 2.98. The maximum absolute atomic E-state index is 13.8. The number of aliphatic imine (C=N–C) groups is 1. The molecule has 0 spiro atoms. The highest BCUT2D eigenvalue weighted by molar-refractivity contribution is 6.31. The summed E-state index contributed by atoms with van der Waals surface area (Å²) in [6, 6.07) is 0.705. The molecule has 2 nitrogen and oxygen atoms in total. The van der Waals surface area contributed by atoms with E-state index in [4.69, 9.17) is 11.6 Å².